The van der Waals surface area contributed by atoms with Crippen LogP contribution in [0.1, 0.15) is 43.7 Å². The molecule has 2 N–H and O–H groups in total. The number of alkyl halides is 3. The molecule has 1 aliphatic heterocycles. The average molecular weight is 370 g/mol. The summed E-state index contributed by atoms with van der Waals surface area (Å²) in [5, 5.41) is 5.72. The van der Waals surface area contributed by atoms with Crippen molar-refractivity contribution in [3.05, 3.63) is 35.4 Å². The monoisotopic (exact) mass is 370 g/mol. The van der Waals surface area contributed by atoms with E-state index in [0.29, 0.717) is 18.5 Å². The molecule has 7 heteroatoms. The first-order valence-electron chi connectivity index (χ1n) is 9.20. The maximum Gasteiger partial charge on any atom is 0.390 e. The lowest BCUT2D eigenvalue weighted by Crippen LogP contribution is -2.38. The number of halogens is 3. The van der Waals surface area contributed by atoms with Crippen LogP contribution in [0.2, 0.25) is 0 Å². The van der Waals surface area contributed by atoms with E-state index < -0.39 is 12.6 Å². The number of hydrogen-bond acceptors (Lipinski definition) is 2. The Hall–Kier alpha value is -1.76. The lowest BCUT2D eigenvalue weighted by Gasteiger charge is -2.33. The molecule has 0 amide bonds. The minimum absolute atomic E-state index is 0.184. The molecule has 1 atom stereocenters. The third-order valence-electron chi connectivity index (χ3n) is 4.73. The van der Waals surface area contributed by atoms with Crippen molar-refractivity contribution >= 4 is 5.96 Å². The summed E-state index contributed by atoms with van der Waals surface area (Å²) in [4.78, 5) is 6.46. The van der Waals surface area contributed by atoms with Crippen molar-refractivity contribution in [3.63, 3.8) is 0 Å². The van der Waals surface area contributed by atoms with Gasteiger partial charge in [-0.3, -0.25) is 9.89 Å². The van der Waals surface area contributed by atoms with Gasteiger partial charge in [0, 0.05) is 32.7 Å². The summed E-state index contributed by atoms with van der Waals surface area (Å²) < 4.78 is 36.6. The van der Waals surface area contributed by atoms with Gasteiger partial charge in [-0.15, -0.1) is 0 Å². The van der Waals surface area contributed by atoms with Crippen molar-refractivity contribution < 1.29 is 13.2 Å². The predicted octanol–water partition coefficient (Wildman–Crippen LogP) is 3.68. The fourth-order valence-electron chi connectivity index (χ4n) is 3.12. The lowest BCUT2D eigenvalue weighted by atomic mass is 10.0. The first kappa shape index (κ1) is 20.6. The second-order valence-corrected chi connectivity index (χ2v) is 6.85. The summed E-state index contributed by atoms with van der Waals surface area (Å²) in [6.45, 7) is 4.75. The van der Waals surface area contributed by atoms with Crippen molar-refractivity contribution in [1.29, 1.82) is 0 Å². The molecule has 1 aliphatic rings. The van der Waals surface area contributed by atoms with Crippen molar-refractivity contribution in [2.45, 2.75) is 57.9 Å². The molecule has 26 heavy (non-hydrogen) atoms. The van der Waals surface area contributed by atoms with Crippen molar-refractivity contribution in [2.24, 2.45) is 4.99 Å². The van der Waals surface area contributed by atoms with Crippen LogP contribution in [0.25, 0.3) is 0 Å². The highest BCUT2D eigenvalue weighted by Gasteiger charge is 2.26. The Morgan fingerprint density at radius 3 is 2.46 bits per heavy atom. The number of nitrogens with zero attached hydrogens (tertiary/aromatic N) is 2. The fourth-order valence-corrected chi connectivity index (χ4v) is 3.12. The van der Waals surface area contributed by atoms with E-state index in [-0.39, 0.29) is 6.54 Å². The van der Waals surface area contributed by atoms with Crippen LogP contribution in [0.15, 0.2) is 29.3 Å². The Kier molecular flexibility index (Phi) is 7.75. The Bertz CT molecular complexity index is 569. The van der Waals surface area contributed by atoms with Gasteiger partial charge in [-0.05, 0) is 37.4 Å². The van der Waals surface area contributed by atoms with Gasteiger partial charge in [0.2, 0.25) is 0 Å². The second-order valence-electron chi connectivity index (χ2n) is 6.85. The topological polar surface area (TPSA) is 39.7 Å². The largest absolute Gasteiger partial charge is 0.390 e. The van der Waals surface area contributed by atoms with E-state index in [1.54, 1.807) is 7.05 Å². The maximum atomic E-state index is 12.2. The molecule has 4 nitrogen and oxygen atoms in total. The summed E-state index contributed by atoms with van der Waals surface area (Å²) in [6.07, 6.45) is -1.18. The van der Waals surface area contributed by atoms with Gasteiger partial charge in [0.25, 0.3) is 0 Å². The van der Waals surface area contributed by atoms with Gasteiger partial charge in [-0.2, -0.15) is 13.2 Å². The number of guanidine groups is 1. The molecule has 1 heterocycles. The van der Waals surface area contributed by atoms with Crippen molar-refractivity contribution in [3.8, 4) is 0 Å². The summed E-state index contributed by atoms with van der Waals surface area (Å²) in [5.74, 6) is 0.375. The molecule has 1 aromatic rings. The number of hydrogen-bond donors (Lipinski definition) is 2. The standard InChI is InChI=1S/C19H29F3N4/c1-15-5-3-4-12-26(15)14-17-8-6-16(7-9-17)13-25-18(23-2)24-11-10-19(20,21)22/h6-9,15H,3-5,10-14H2,1-2H3,(H2,23,24,25). The molecule has 146 valence electrons. The van der Waals surface area contributed by atoms with Crippen LogP contribution in [0, 0.1) is 0 Å². The Morgan fingerprint density at radius 2 is 1.85 bits per heavy atom. The number of aliphatic imine (C=N–C) groups is 1. The van der Waals surface area contributed by atoms with Crippen LogP contribution in [-0.2, 0) is 13.1 Å². The first-order chi connectivity index (χ1) is 12.4. The minimum atomic E-state index is -4.16. The van der Waals surface area contributed by atoms with Crippen LogP contribution in [0.3, 0.4) is 0 Å². The van der Waals surface area contributed by atoms with E-state index in [1.807, 2.05) is 0 Å². The highest BCUT2D eigenvalue weighted by molar-refractivity contribution is 5.79. The predicted molar refractivity (Wildman–Crippen MR) is 99.0 cm³/mol. The number of benzene rings is 1. The number of piperidine rings is 1. The van der Waals surface area contributed by atoms with Crippen LogP contribution < -0.4 is 10.6 Å². The third-order valence-corrected chi connectivity index (χ3v) is 4.73. The minimum Gasteiger partial charge on any atom is -0.356 e. The van der Waals surface area contributed by atoms with E-state index in [4.69, 9.17) is 0 Å². The maximum absolute atomic E-state index is 12.2. The van der Waals surface area contributed by atoms with Gasteiger partial charge in [0.1, 0.15) is 0 Å². The van der Waals surface area contributed by atoms with Gasteiger partial charge in [-0.25, -0.2) is 0 Å². The summed E-state index contributed by atoms with van der Waals surface area (Å²) in [5.41, 5.74) is 2.36. The van der Waals surface area contributed by atoms with E-state index in [9.17, 15) is 13.2 Å². The molecule has 1 saturated heterocycles. The molecular formula is C19H29F3N4. The molecule has 0 radical (unpaired) electrons. The lowest BCUT2D eigenvalue weighted by molar-refractivity contribution is -0.132. The zero-order valence-corrected chi connectivity index (χ0v) is 15.6. The highest BCUT2D eigenvalue weighted by Crippen LogP contribution is 2.19. The number of likely N-dealkylation sites (tertiary alicyclic amines) is 1. The van der Waals surface area contributed by atoms with E-state index in [2.05, 4.69) is 51.7 Å². The quantitative estimate of drug-likeness (QED) is 0.593. The van der Waals surface area contributed by atoms with Gasteiger partial charge in [0.05, 0.1) is 6.42 Å². The van der Waals surface area contributed by atoms with E-state index in [0.717, 1.165) is 18.7 Å². The van der Waals surface area contributed by atoms with Gasteiger partial charge >= 0.3 is 6.18 Å². The number of nitrogens with one attached hydrogen (secondary N) is 2. The van der Waals surface area contributed by atoms with Crippen LogP contribution in [0.4, 0.5) is 13.2 Å². The molecule has 0 bridgehead atoms. The molecule has 1 aromatic carbocycles. The first-order valence-corrected chi connectivity index (χ1v) is 9.20. The normalized spacial score (nSPS) is 19.4. The van der Waals surface area contributed by atoms with Gasteiger partial charge in [0.15, 0.2) is 5.96 Å². The second kappa shape index (κ2) is 9.80. The molecule has 1 unspecified atom stereocenters. The van der Waals surface area contributed by atoms with Gasteiger partial charge in [-0.1, -0.05) is 30.7 Å². The van der Waals surface area contributed by atoms with Crippen LogP contribution in [-0.4, -0.2) is 43.2 Å². The summed E-state index contributed by atoms with van der Waals surface area (Å²) in [6, 6.07) is 8.99. The van der Waals surface area contributed by atoms with Crippen LogP contribution >= 0.6 is 0 Å². The fraction of sp³-hybridized carbons (Fsp3) is 0.632. The molecule has 0 spiro atoms. The smallest absolute Gasteiger partial charge is 0.356 e. The highest BCUT2D eigenvalue weighted by atomic mass is 19.4. The van der Waals surface area contributed by atoms with Crippen molar-refractivity contribution in [1.82, 2.24) is 15.5 Å². The van der Waals surface area contributed by atoms with Crippen LogP contribution in [0.5, 0.6) is 0 Å². The van der Waals surface area contributed by atoms with E-state index >= 15 is 0 Å². The van der Waals surface area contributed by atoms with Crippen molar-refractivity contribution in [2.75, 3.05) is 20.1 Å². The molecular weight excluding hydrogens is 341 g/mol. The molecule has 1 fully saturated rings. The summed E-state index contributed by atoms with van der Waals surface area (Å²) in [7, 11) is 1.55. The molecule has 0 aromatic heterocycles. The zero-order valence-electron chi connectivity index (χ0n) is 15.6. The van der Waals surface area contributed by atoms with Gasteiger partial charge < -0.3 is 10.6 Å². The molecule has 0 aliphatic carbocycles. The Labute approximate surface area is 153 Å². The Balaban J connectivity index is 1.77. The molecule has 2 rings (SSSR count). The number of rotatable bonds is 6. The third kappa shape index (κ3) is 7.23. The SMILES string of the molecule is CN=C(NCCC(F)(F)F)NCc1ccc(CN2CCCCC2C)cc1. The zero-order chi connectivity index (χ0) is 19.0. The Morgan fingerprint density at radius 1 is 1.15 bits per heavy atom. The average Bonchev–Trinajstić information content (AvgIpc) is 2.60. The van der Waals surface area contributed by atoms with E-state index in [1.165, 1.54) is 24.8 Å². The molecule has 0 saturated carbocycles. The summed E-state index contributed by atoms with van der Waals surface area (Å²) >= 11 is 0.